The zero-order chi connectivity index (χ0) is 12.3. The van der Waals surface area contributed by atoms with Crippen LogP contribution in [0, 0.1) is 11.3 Å². The Kier molecular flexibility index (Phi) is 4.11. The van der Waals surface area contributed by atoms with Crippen LogP contribution in [0.15, 0.2) is 4.79 Å². The molecule has 0 aliphatic carbocycles. The Morgan fingerprint density at radius 1 is 1.56 bits per heavy atom. The number of nitrogens with one attached hydrogen (secondary N) is 1. The lowest BCUT2D eigenvalue weighted by atomic mass is 10.3. The summed E-state index contributed by atoms with van der Waals surface area (Å²) in [5, 5.41) is 11.6. The molecule has 0 aliphatic rings. The van der Waals surface area contributed by atoms with Crippen LogP contribution >= 0.6 is 23.4 Å². The largest absolute Gasteiger partial charge is 0.296 e. The second-order valence-electron chi connectivity index (χ2n) is 4.35. The van der Waals surface area contributed by atoms with Crippen LogP contribution in [0.1, 0.15) is 26.5 Å². The molecule has 0 aliphatic heterocycles. The standard InChI is InChI=1S/C10H14ClN3OS/c1-10(2,3)16-6-7-8(11)9(15)14(13-7)5-4-12/h13H,5-6H2,1-3H3. The first kappa shape index (κ1) is 13.2. The van der Waals surface area contributed by atoms with Gasteiger partial charge in [-0.25, -0.2) is 4.68 Å². The van der Waals surface area contributed by atoms with Crippen LogP contribution in [0.3, 0.4) is 0 Å². The Morgan fingerprint density at radius 3 is 2.69 bits per heavy atom. The van der Waals surface area contributed by atoms with E-state index in [0.29, 0.717) is 11.4 Å². The molecule has 1 aromatic heterocycles. The van der Waals surface area contributed by atoms with Crippen molar-refractivity contribution < 1.29 is 0 Å². The topological polar surface area (TPSA) is 61.6 Å². The van der Waals surface area contributed by atoms with E-state index in [2.05, 4.69) is 25.9 Å². The van der Waals surface area contributed by atoms with Crippen LogP contribution in [-0.4, -0.2) is 14.5 Å². The molecule has 4 nitrogen and oxygen atoms in total. The summed E-state index contributed by atoms with van der Waals surface area (Å²) >= 11 is 7.58. The van der Waals surface area contributed by atoms with Crippen molar-refractivity contribution in [2.24, 2.45) is 0 Å². The summed E-state index contributed by atoms with van der Waals surface area (Å²) in [5.74, 6) is 0.635. The van der Waals surface area contributed by atoms with Gasteiger partial charge in [0.1, 0.15) is 11.6 Å². The highest BCUT2D eigenvalue weighted by Crippen LogP contribution is 2.28. The molecule has 0 bridgehead atoms. The van der Waals surface area contributed by atoms with Gasteiger partial charge < -0.3 is 0 Å². The third-order valence-electron chi connectivity index (χ3n) is 1.85. The summed E-state index contributed by atoms with van der Waals surface area (Å²) in [5.41, 5.74) is 0.356. The Balaban J connectivity index is 2.87. The third kappa shape index (κ3) is 3.32. The van der Waals surface area contributed by atoms with E-state index in [1.54, 1.807) is 11.8 Å². The fraction of sp³-hybridized carbons (Fsp3) is 0.600. The molecule has 0 atom stereocenters. The van der Waals surface area contributed by atoms with Crippen LogP contribution in [0.4, 0.5) is 0 Å². The van der Waals surface area contributed by atoms with E-state index in [9.17, 15) is 4.79 Å². The van der Waals surface area contributed by atoms with Crippen LogP contribution in [0.25, 0.3) is 0 Å². The second kappa shape index (κ2) is 4.98. The first-order chi connectivity index (χ1) is 7.35. The molecule has 0 aromatic carbocycles. The van der Waals surface area contributed by atoms with E-state index >= 15 is 0 Å². The number of aromatic nitrogens is 2. The summed E-state index contributed by atoms with van der Waals surface area (Å²) in [6, 6.07) is 1.90. The van der Waals surface area contributed by atoms with Crippen molar-refractivity contribution in [3.63, 3.8) is 0 Å². The molecule has 88 valence electrons. The second-order valence-corrected chi connectivity index (χ2v) is 6.53. The summed E-state index contributed by atoms with van der Waals surface area (Å²) in [7, 11) is 0. The molecule has 0 unspecified atom stereocenters. The molecule has 0 spiro atoms. The number of halogens is 1. The van der Waals surface area contributed by atoms with Gasteiger partial charge in [-0.3, -0.25) is 9.89 Å². The number of hydrogen-bond acceptors (Lipinski definition) is 3. The van der Waals surface area contributed by atoms with E-state index in [0.717, 1.165) is 0 Å². The summed E-state index contributed by atoms with van der Waals surface area (Å²) < 4.78 is 1.33. The van der Waals surface area contributed by atoms with Crippen molar-refractivity contribution >= 4 is 23.4 Å². The third-order valence-corrected chi connectivity index (χ3v) is 3.53. The van der Waals surface area contributed by atoms with E-state index in [-0.39, 0.29) is 21.9 Å². The van der Waals surface area contributed by atoms with E-state index in [4.69, 9.17) is 16.9 Å². The highest BCUT2D eigenvalue weighted by atomic mass is 35.5. The van der Waals surface area contributed by atoms with E-state index < -0.39 is 0 Å². The fourth-order valence-electron chi connectivity index (χ4n) is 1.08. The average molecular weight is 260 g/mol. The first-order valence-electron chi connectivity index (χ1n) is 4.83. The van der Waals surface area contributed by atoms with Gasteiger partial charge in [0, 0.05) is 10.5 Å². The van der Waals surface area contributed by atoms with Crippen molar-refractivity contribution in [1.29, 1.82) is 5.26 Å². The van der Waals surface area contributed by atoms with Gasteiger partial charge in [0.05, 0.1) is 11.8 Å². The maximum atomic E-state index is 11.5. The maximum Gasteiger partial charge on any atom is 0.286 e. The minimum atomic E-state index is -0.326. The van der Waals surface area contributed by atoms with Crippen LogP contribution in [-0.2, 0) is 12.3 Å². The minimum absolute atomic E-state index is 0.00125. The summed E-state index contributed by atoms with van der Waals surface area (Å²) in [4.78, 5) is 11.5. The Morgan fingerprint density at radius 2 is 2.19 bits per heavy atom. The number of rotatable bonds is 3. The molecule has 1 heterocycles. The number of aromatic amines is 1. The molecule has 0 radical (unpaired) electrons. The SMILES string of the molecule is CC(C)(C)SCc1[nH]n(CC#N)c(=O)c1Cl. The lowest BCUT2D eigenvalue weighted by Gasteiger charge is -2.16. The van der Waals surface area contributed by atoms with E-state index in [1.165, 1.54) is 4.68 Å². The maximum absolute atomic E-state index is 11.5. The van der Waals surface area contributed by atoms with Crippen molar-refractivity contribution in [3.8, 4) is 6.07 Å². The van der Waals surface area contributed by atoms with Gasteiger partial charge in [-0.1, -0.05) is 32.4 Å². The van der Waals surface area contributed by atoms with Gasteiger partial charge in [-0.05, 0) is 0 Å². The van der Waals surface area contributed by atoms with Crippen molar-refractivity contribution in [1.82, 2.24) is 9.78 Å². The Bertz CT molecular complexity index is 464. The fourth-order valence-corrected chi connectivity index (χ4v) is 2.15. The smallest absolute Gasteiger partial charge is 0.286 e. The first-order valence-corrected chi connectivity index (χ1v) is 6.19. The Labute approximate surface area is 104 Å². The number of thioether (sulfide) groups is 1. The lowest BCUT2D eigenvalue weighted by Crippen LogP contribution is -2.15. The van der Waals surface area contributed by atoms with Gasteiger partial charge >= 0.3 is 0 Å². The van der Waals surface area contributed by atoms with Crippen molar-refractivity contribution in [3.05, 3.63) is 21.1 Å². The van der Waals surface area contributed by atoms with Crippen molar-refractivity contribution in [2.75, 3.05) is 0 Å². The molecule has 1 N–H and O–H groups in total. The number of nitrogens with zero attached hydrogens (tertiary/aromatic N) is 2. The number of nitriles is 1. The van der Waals surface area contributed by atoms with Crippen LogP contribution in [0.5, 0.6) is 0 Å². The molecule has 1 aromatic rings. The monoisotopic (exact) mass is 259 g/mol. The number of H-pyrrole nitrogens is 1. The quantitative estimate of drug-likeness (QED) is 0.907. The Hall–Kier alpha value is -0.860. The molecule has 0 fully saturated rings. The molecular formula is C10H14ClN3OS. The number of hydrogen-bond donors (Lipinski definition) is 1. The molecular weight excluding hydrogens is 246 g/mol. The van der Waals surface area contributed by atoms with Gasteiger partial charge in [0.15, 0.2) is 0 Å². The highest BCUT2D eigenvalue weighted by molar-refractivity contribution is 7.99. The summed E-state index contributed by atoms with van der Waals surface area (Å²) in [6.07, 6.45) is 0. The predicted molar refractivity (Wildman–Crippen MR) is 66.7 cm³/mol. The minimum Gasteiger partial charge on any atom is -0.296 e. The molecule has 0 amide bonds. The van der Waals surface area contributed by atoms with Gasteiger partial charge in [-0.2, -0.15) is 5.26 Å². The normalized spacial score (nSPS) is 11.4. The van der Waals surface area contributed by atoms with Gasteiger partial charge in [0.25, 0.3) is 5.56 Å². The van der Waals surface area contributed by atoms with E-state index in [1.807, 2.05) is 6.07 Å². The van der Waals surface area contributed by atoms with Crippen LogP contribution < -0.4 is 5.56 Å². The lowest BCUT2D eigenvalue weighted by molar-refractivity contribution is 0.677. The molecule has 16 heavy (non-hydrogen) atoms. The van der Waals surface area contributed by atoms with Gasteiger partial charge in [0.2, 0.25) is 0 Å². The van der Waals surface area contributed by atoms with Gasteiger partial charge in [-0.15, -0.1) is 11.8 Å². The highest BCUT2D eigenvalue weighted by Gasteiger charge is 2.16. The zero-order valence-corrected chi connectivity index (χ0v) is 11.1. The molecule has 6 heteroatoms. The summed E-state index contributed by atoms with van der Waals surface area (Å²) in [6.45, 7) is 6.28. The molecule has 0 saturated heterocycles. The molecule has 0 saturated carbocycles. The average Bonchev–Trinajstić information content (AvgIpc) is 2.43. The molecule has 1 rings (SSSR count). The predicted octanol–water partition coefficient (Wildman–Crippen LogP) is 2.39. The van der Waals surface area contributed by atoms with Crippen molar-refractivity contribution in [2.45, 2.75) is 37.8 Å². The van der Waals surface area contributed by atoms with Crippen LogP contribution in [0.2, 0.25) is 5.02 Å². The zero-order valence-electron chi connectivity index (χ0n) is 9.50.